The van der Waals surface area contributed by atoms with Crippen LogP contribution in [0.1, 0.15) is 81.6 Å². The van der Waals surface area contributed by atoms with Gasteiger partial charge < -0.3 is 14.2 Å². The Bertz CT molecular complexity index is 1060. The molecule has 0 aliphatic carbocycles. The standard InChI is InChI=1S/C33H42O4/c1-4-6-7-8-9-13-22-35-32-23-30(20-21-31(32)28-14-11-10-12-15-28)36-25-27-16-18-29(19-17-27)33(34)37-24-26(3)5-2/h10-12,14-21,23,26H,4-9,13,22,24-25H2,1-3H3/t26-/m0/s1. The van der Waals surface area contributed by atoms with E-state index >= 15 is 0 Å². The minimum absolute atomic E-state index is 0.281. The summed E-state index contributed by atoms with van der Waals surface area (Å²) in [5.74, 6) is 1.69. The van der Waals surface area contributed by atoms with Gasteiger partial charge in [0.1, 0.15) is 18.1 Å². The Morgan fingerprint density at radius 2 is 1.54 bits per heavy atom. The fourth-order valence-electron chi connectivity index (χ4n) is 3.96. The normalized spacial score (nSPS) is 11.6. The van der Waals surface area contributed by atoms with Gasteiger partial charge in [-0.25, -0.2) is 4.79 Å². The van der Waals surface area contributed by atoms with Crippen LogP contribution >= 0.6 is 0 Å². The summed E-state index contributed by atoms with van der Waals surface area (Å²) in [6.07, 6.45) is 8.37. The van der Waals surface area contributed by atoms with Gasteiger partial charge in [0.05, 0.1) is 18.8 Å². The fourth-order valence-corrected chi connectivity index (χ4v) is 3.96. The molecule has 0 heterocycles. The van der Waals surface area contributed by atoms with Gasteiger partial charge in [-0.3, -0.25) is 0 Å². The van der Waals surface area contributed by atoms with E-state index in [4.69, 9.17) is 14.2 Å². The molecule has 37 heavy (non-hydrogen) atoms. The van der Waals surface area contributed by atoms with Crippen molar-refractivity contribution >= 4 is 5.97 Å². The number of hydrogen-bond acceptors (Lipinski definition) is 4. The number of rotatable bonds is 16. The van der Waals surface area contributed by atoms with Gasteiger partial charge in [-0.1, -0.05) is 102 Å². The minimum atomic E-state index is -0.281. The molecule has 0 fully saturated rings. The average molecular weight is 503 g/mol. The summed E-state index contributed by atoms with van der Waals surface area (Å²) in [5, 5.41) is 0. The van der Waals surface area contributed by atoms with E-state index in [9.17, 15) is 4.79 Å². The van der Waals surface area contributed by atoms with Gasteiger partial charge in [0.25, 0.3) is 0 Å². The van der Waals surface area contributed by atoms with Crippen molar-refractivity contribution < 1.29 is 19.0 Å². The van der Waals surface area contributed by atoms with Gasteiger partial charge in [0.2, 0.25) is 0 Å². The Labute approximate surface area is 223 Å². The second-order valence-corrected chi connectivity index (χ2v) is 9.74. The van der Waals surface area contributed by atoms with Crippen LogP contribution in [0.5, 0.6) is 11.5 Å². The van der Waals surface area contributed by atoms with Crippen molar-refractivity contribution in [3.05, 3.63) is 83.9 Å². The van der Waals surface area contributed by atoms with Crippen LogP contribution < -0.4 is 9.47 Å². The first-order chi connectivity index (χ1) is 18.1. The maximum atomic E-state index is 12.2. The summed E-state index contributed by atoms with van der Waals surface area (Å²) in [5.41, 5.74) is 3.74. The lowest BCUT2D eigenvalue weighted by Crippen LogP contribution is -2.11. The number of hydrogen-bond donors (Lipinski definition) is 0. The van der Waals surface area contributed by atoms with Gasteiger partial charge >= 0.3 is 5.97 Å². The van der Waals surface area contributed by atoms with E-state index < -0.39 is 0 Å². The number of ether oxygens (including phenoxy) is 3. The fraction of sp³-hybridized carbons (Fsp3) is 0.424. The Hall–Kier alpha value is -3.27. The molecule has 0 saturated heterocycles. The number of carbonyl (C=O) groups is 1. The molecule has 3 rings (SSSR count). The Morgan fingerprint density at radius 1 is 0.811 bits per heavy atom. The molecule has 1 atom stereocenters. The molecule has 0 N–H and O–H groups in total. The van der Waals surface area contributed by atoms with Gasteiger partial charge in [-0.2, -0.15) is 0 Å². The molecule has 0 radical (unpaired) electrons. The third kappa shape index (κ3) is 9.60. The van der Waals surface area contributed by atoms with Crippen molar-refractivity contribution in [3.63, 3.8) is 0 Å². The van der Waals surface area contributed by atoms with Crippen LogP contribution in [0.25, 0.3) is 11.1 Å². The number of esters is 1. The lowest BCUT2D eigenvalue weighted by molar-refractivity contribution is 0.0447. The van der Waals surface area contributed by atoms with E-state index in [2.05, 4.69) is 39.0 Å². The lowest BCUT2D eigenvalue weighted by atomic mass is 10.0. The van der Waals surface area contributed by atoms with Crippen LogP contribution in [0.15, 0.2) is 72.8 Å². The van der Waals surface area contributed by atoms with E-state index in [1.165, 1.54) is 32.1 Å². The molecule has 3 aromatic carbocycles. The van der Waals surface area contributed by atoms with Crippen molar-refractivity contribution in [2.45, 2.75) is 72.3 Å². The Kier molecular flexibility index (Phi) is 12.1. The highest BCUT2D eigenvalue weighted by Gasteiger charge is 2.11. The zero-order chi connectivity index (χ0) is 26.3. The molecule has 0 aromatic heterocycles. The van der Waals surface area contributed by atoms with Crippen LogP contribution in [0, 0.1) is 5.92 Å². The first kappa shape index (κ1) is 28.3. The zero-order valence-corrected chi connectivity index (χ0v) is 22.7. The third-order valence-corrected chi connectivity index (χ3v) is 6.58. The molecular formula is C33H42O4. The predicted molar refractivity (Wildman–Crippen MR) is 151 cm³/mol. The Morgan fingerprint density at radius 3 is 2.27 bits per heavy atom. The quantitative estimate of drug-likeness (QED) is 0.145. The van der Waals surface area contributed by atoms with Crippen LogP contribution in [0.4, 0.5) is 0 Å². The van der Waals surface area contributed by atoms with E-state index in [1.54, 1.807) is 12.1 Å². The molecule has 0 amide bonds. The van der Waals surface area contributed by atoms with Crippen LogP contribution in [0.3, 0.4) is 0 Å². The topological polar surface area (TPSA) is 44.8 Å². The smallest absolute Gasteiger partial charge is 0.338 e. The predicted octanol–water partition coefficient (Wildman–Crippen LogP) is 8.87. The molecule has 0 spiro atoms. The molecule has 3 aromatic rings. The second kappa shape index (κ2) is 15.8. The maximum absolute atomic E-state index is 12.2. The molecule has 0 saturated carbocycles. The number of unbranched alkanes of at least 4 members (excludes halogenated alkanes) is 5. The van der Waals surface area contributed by atoms with E-state index in [0.29, 0.717) is 31.3 Å². The average Bonchev–Trinajstić information content (AvgIpc) is 2.95. The molecule has 0 aliphatic rings. The van der Waals surface area contributed by atoms with Gasteiger partial charge in [0.15, 0.2) is 0 Å². The summed E-state index contributed by atoms with van der Waals surface area (Å²) >= 11 is 0. The second-order valence-electron chi connectivity index (χ2n) is 9.74. The number of carbonyl (C=O) groups excluding carboxylic acids is 1. The first-order valence-corrected chi connectivity index (χ1v) is 13.8. The lowest BCUT2D eigenvalue weighted by Gasteiger charge is -2.15. The molecular weight excluding hydrogens is 460 g/mol. The molecule has 4 heteroatoms. The van der Waals surface area contributed by atoms with Crippen LogP contribution in [0.2, 0.25) is 0 Å². The first-order valence-electron chi connectivity index (χ1n) is 13.8. The van der Waals surface area contributed by atoms with Gasteiger partial charge in [-0.05, 0) is 47.7 Å². The number of benzene rings is 3. The van der Waals surface area contributed by atoms with E-state index in [1.807, 2.05) is 42.5 Å². The summed E-state index contributed by atoms with van der Waals surface area (Å²) in [4.78, 5) is 12.2. The molecule has 0 aliphatic heterocycles. The molecule has 0 unspecified atom stereocenters. The van der Waals surface area contributed by atoms with E-state index in [-0.39, 0.29) is 5.97 Å². The van der Waals surface area contributed by atoms with E-state index in [0.717, 1.165) is 41.0 Å². The SMILES string of the molecule is CCCCCCCCOc1cc(OCc2ccc(C(=O)OC[C@@H](C)CC)cc2)ccc1-c1ccccc1. The van der Waals surface area contributed by atoms with Gasteiger partial charge in [-0.15, -0.1) is 0 Å². The highest BCUT2D eigenvalue weighted by Crippen LogP contribution is 2.34. The van der Waals surface area contributed by atoms with Crippen molar-refractivity contribution in [1.82, 2.24) is 0 Å². The monoisotopic (exact) mass is 502 g/mol. The molecule has 4 nitrogen and oxygen atoms in total. The minimum Gasteiger partial charge on any atom is -0.493 e. The largest absolute Gasteiger partial charge is 0.493 e. The highest BCUT2D eigenvalue weighted by atomic mass is 16.5. The summed E-state index contributed by atoms with van der Waals surface area (Å²) in [6, 6.07) is 23.8. The highest BCUT2D eigenvalue weighted by molar-refractivity contribution is 5.89. The van der Waals surface area contributed by atoms with Crippen LogP contribution in [-0.2, 0) is 11.3 Å². The summed E-state index contributed by atoms with van der Waals surface area (Å²) in [6.45, 7) is 7.96. The maximum Gasteiger partial charge on any atom is 0.338 e. The zero-order valence-electron chi connectivity index (χ0n) is 22.7. The van der Waals surface area contributed by atoms with Crippen molar-refractivity contribution in [3.8, 4) is 22.6 Å². The van der Waals surface area contributed by atoms with Gasteiger partial charge in [0, 0.05) is 11.6 Å². The van der Waals surface area contributed by atoms with Crippen molar-refractivity contribution in [2.75, 3.05) is 13.2 Å². The molecule has 0 bridgehead atoms. The summed E-state index contributed by atoms with van der Waals surface area (Å²) in [7, 11) is 0. The molecule has 198 valence electrons. The van der Waals surface area contributed by atoms with Crippen molar-refractivity contribution in [1.29, 1.82) is 0 Å². The Balaban J connectivity index is 1.59. The third-order valence-electron chi connectivity index (χ3n) is 6.58. The van der Waals surface area contributed by atoms with Crippen LogP contribution in [-0.4, -0.2) is 19.2 Å². The summed E-state index contributed by atoms with van der Waals surface area (Å²) < 4.78 is 17.7. The van der Waals surface area contributed by atoms with Crippen molar-refractivity contribution in [2.24, 2.45) is 5.92 Å².